The maximum absolute atomic E-state index is 13.6. The van der Waals surface area contributed by atoms with Gasteiger partial charge in [0.25, 0.3) is 0 Å². The van der Waals surface area contributed by atoms with Crippen LogP contribution in [-0.4, -0.2) is 17.1 Å². The van der Waals surface area contributed by atoms with E-state index in [1.54, 1.807) is 0 Å². The highest BCUT2D eigenvalue weighted by Gasteiger charge is 2.31. The van der Waals surface area contributed by atoms with Crippen molar-refractivity contribution in [1.29, 1.82) is 0 Å². The van der Waals surface area contributed by atoms with Crippen molar-refractivity contribution < 1.29 is 18.7 Å². The Bertz CT molecular complexity index is 718. The van der Waals surface area contributed by atoms with Gasteiger partial charge in [-0.15, -0.1) is 0 Å². The molecule has 3 rings (SSSR count). The van der Waals surface area contributed by atoms with Crippen LogP contribution in [0.25, 0.3) is 0 Å². The average Bonchev–Trinajstić information content (AvgIpc) is 2.78. The maximum atomic E-state index is 13.6. The minimum Gasteiger partial charge on any atom is -0.390 e. The van der Waals surface area contributed by atoms with E-state index in [0.29, 0.717) is 6.42 Å². The van der Waals surface area contributed by atoms with Gasteiger partial charge >= 0.3 is 0 Å². The summed E-state index contributed by atoms with van der Waals surface area (Å²) in [6.07, 6.45) is -0.414. The first-order chi connectivity index (χ1) is 10.5. The predicted molar refractivity (Wildman–Crippen MR) is 77.1 cm³/mol. The third-order valence-electron chi connectivity index (χ3n) is 3.89. The van der Waals surface area contributed by atoms with Crippen molar-refractivity contribution in [3.63, 3.8) is 0 Å². The molecule has 0 fully saturated rings. The second-order valence-corrected chi connectivity index (χ2v) is 5.43. The van der Waals surface area contributed by atoms with Crippen LogP contribution in [0.3, 0.4) is 0 Å². The number of carbonyl (C=O) groups is 1. The highest BCUT2D eigenvalue weighted by atomic mass is 19.1. The molecule has 2 N–H and O–H groups in total. The Labute approximate surface area is 126 Å². The van der Waals surface area contributed by atoms with Crippen molar-refractivity contribution in [3.8, 4) is 0 Å². The minimum atomic E-state index is -0.748. The van der Waals surface area contributed by atoms with Gasteiger partial charge in [-0.2, -0.15) is 0 Å². The van der Waals surface area contributed by atoms with Crippen molar-refractivity contribution >= 4 is 5.91 Å². The summed E-state index contributed by atoms with van der Waals surface area (Å²) in [5, 5.41) is 12.8. The van der Waals surface area contributed by atoms with E-state index < -0.39 is 29.7 Å². The number of fused-ring (bicyclic) bond motifs is 1. The smallest absolute Gasteiger partial charge is 0.225 e. The van der Waals surface area contributed by atoms with E-state index >= 15 is 0 Å². The second kappa shape index (κ2) is 5.85. The molecular weight excluding hydrogens is 288 g/mol. The number of halogens is 2. The number of nitrogens with one attached hydrogen (secondary N) is 1. The lowest BCUT2D eigenvalue weighted by molar-refractivity contribution is -0.122. The molecule has 0 saturated carbocycles. The third-order valence-corrected chi connectivity index (χ3v) is 3.89. The van der Waals surface area contributed by atoms with E-state index in [1.807, 2.05) is 24.3 Å². The molecule has 0 heterocycles. The second-order valence-electron chi connectivity index (χ2n) is 5.43. The lowest BCUT2D eigenvalue weighted by atomic mass is 10.1. The van der Waals surface area contributed by atoms with Crippen molar-refractivity contribution in [2.75, 3.05) is 0 Å². The van der Waals surface area contributed by atoms with Gasteiger partial charge < -0.3 is 10.4 Å². The molecule has 0 saturated heterocycles. The van der Waals surface area contributed by atoms with Crippen LogP contribution in [0.15, 0.2) is 42.5 Å². The Morgan fingerprint density at radius 2 is 2.00 bits per heavy atom. The van der Waals surface area contributed by atoms with E-state index in [2.05, 4.69) is 5.32 Å². The van der Waals surface area contributed by atoms with Crippen LogP contribution in [-0.2, 0) is 17.6 Å². The Kier molecular flexibility index (Phi) is 3.90. The van der Waals surface area contributed by atoms with Gasteiger partial charge in [-0.3, -0.25) is 4.79 Å². The van der Waals surface area contributed by atoms with Crippen molar-refractivity contribution in [2.24, 2.45) is 0 Å². The molecule has 5 heteroatoms. The summed E-state index contributed by atoms with van der Waals surface area (Å²) >= 11 is 0. The van der Waals surface area contributed by atoms with Gasteiger partial charge in [0.15, 0.2) is 0 Å². The monoisotopic (exact) mass is 303 g/mol. The first-order valence-electron chi connectivity index (χ1n) is 7.04. The number of carbonyl (C=O) groups excluding carboxylic acids is 1. The fourth-order valence-electron chi connectivity index (χ4n) is 2.81. The Morgan fingerprint density at radius 3 is 2.77 bits per heavy atom. The molecule has 2 atom stereocenters. The largest absolute Gasteiger partial charge is 0.390 e. The highest BCUT2D eigenvalue weighted by molar-refractivity contribution is 5.79. The van der Waals surface area contributed by atoms with E-state index in [-0.39, 0.29) is 12.0 Å². The van der Waals surface area contributed by atoms with E-state index in [1.165, 1.54) is 6.07 Å². The van der Waals surface area contributed by atoms with Crippen molar-refractivity contribution in [1.82, 2.24) is 5.32 Å². The molecule has 0 bridgehead atoms. The van der Waals surface area contributed by atoms with Crippen LogP contribution < -0.4 is 5.32 Å². The standard InChI is InChI=1S/C17H15F2NO2/c18-12-6-5-11(14(19)9-12)8-16(22)20-17-13-4-2-1-3-10(13)7-15(17)21/h1-6,9,15,17,21H,7-8H2,(H,20,22). The summed E-state index contributed by atoms with van der Waals surface area (Å²) in [6.45, 7) is 0. The maximum Gasteiger partial charge on any atom is 0.225 e. The molecule has 3 nitrogen and oxygen atoms in total. The molecule has 0 spiro atoms. The van der Waals surface area contributed by atoms with Crippen LogP contribution in [0.4, 0.5) is 8.78 Å². The zero-order chi connectivity index (χ0) is 15.7. The van der Waals surface area contributed by atoms with Crippen molar-refractivity contribution in [3.05, 3.63) is 70.8 Å². The fraction of sp³-hybridized carbons (Fsp3) is 0.235. The van der Waals surface area contributed by atoms with Gasteiger partial charge in [-0.1, -0.05) is 30.3 Å². The quantitative estimate of drug-likeness (QED) is 0.914. The normalized spacial score (nSPS) is 19.8. The Balaban J connectivity index is 1.72. The molecule has 2 aromatic carbocycles. The van der Waals surface area contributed by atoms with Gasteiger partial charge in [0.2, 0.25) is 5.91 Å². The summed E-state index contributed by atoms with van der Waals surface area (Å²) in [5.41, 5.74) is 2.00. The number of aliphatic hydroxyl groups excluding tert-OH is 1. The molecule has 2 aromatic rings. The van der Waals surface area contributed by atoms with Crippen LogP contribution >= 0.6 is 0 Å². The first-order valence-corrected chi connectivity index (χ1v) is 7.04. The number of amides is 1. The summed E-state index contributed by atoms with van der Waals surface area (Å²) in [7, 11) is 0. The summed E-state index contributed by atoms with van der Waals surface area (Å²) in [6, 6.07) is 10.1. The number of benzene rings is 2. The lowest BCUT2D eigenvalue weighted by Crippen LogP contribution is -2.34. The first kappa shape index (κ1) is 14.7. The Hall–Kier alpha value is -2.27. The van der Waals surface area contributed by atoms with E-state index in [0.717, 1.165) is 23.3 Å². The van der Waals surface area contributed by atoms with E-state index in [9.17, 15) is 18.7 Å². The molecule has 1 aliphatic rings. The molecule has 22 heavy (non-hydrogen) atoms. The van der Waals surface area contributed by atoms with Gasteiger partial charge in [0, 0.05) is 12.5 Å². The van der Waals surface area contributed by atoms with E-state index in [4.69, 9.17) is 0 Å². The molecule has 0 aliphatic heterocycles. The minimum absolute atomic E-state index is 0.125. The molecule has 0 aromatic heterocycles. The summed E-state index contributed by atoms with van der Waals surface area (Å²) in [5.74, 6) is -1.84. The van der Waals surface area contributed by atoms with Gasteiger partial charge in [0.1, 0.15) is 11.6 Å². The van der Waals surface area contributed by atoms with Gasteiger partial charge in [-0.05, 0) is 22.8 Å². The van der Waals surface area contributed by atoms with Crippen LogP contribution in [0, 0.1) is 11.6 Å². The predicted octanol–water partition coefficient (Wildman–Crippen LogP) is 2.28. The molecule has 2 unspecified atom stereocenters. The molecule has 1 aliphatic carbocycles. The zero-order valence-electron chi connectivity index (χ0n) is 11.7. The topological polar surface area (TPSA) is 49.3 Å². The number of hydrogen-bond donors (Lipinski definition) is 2. The van der Waals surface area contributed by atoms with Crippen LogP contribution in [0.2, 0.25) is 0 Å². The molecule has 114 valence electrons. The van der Waals surface area contributed by atoms with Crippen LogP contribution in [0.5, 0.6) is 0 Å². The third kappa shape index (κ3) is 2.85. The summed E-state index contributed by atoms with van der Waals surface area (Å²) < 4.78 is 26.4. The van der Waals surface area contributed by atoms with Gasteiger partial charge in [-0.25, -0.2) is 8.78 Å². The van der Waals surface area contributed by atoms with Crippen molar-refractivity contribution in [2.45, 2.75) is 25.0 Å². The number of aliphatic hydroxyl groups is 1. The Morgan fingerprint density at radius 1 is 1.23 bits per heavy atom. The molecule has 1 amide bonds. The van der Waals surface area contributed by atoms with Crippen LogP contribution in [0.1, 0.15) is 22.7 Å². The summed E-state index contributed by atoms with van der Waals surface area (Å²) in [4.78, 5) is 12.1. The molecule has 0 radical (unpaired) electrons. The van der Waals surface area contributed by atoms with Gasteiger partial charge in [0.05, 0.1) is 18.6 Å². The zero-order valence-corrected chi connectivity index (χ0v) is 11.7. The fourth-order valence-corrected chi connectivity index (χ4v) is 2.81. The SMILES string of the molecule is O=C(Cc1ccc(F)cc1F)NC1c2ccccc2CC1O. The number of rotatable bonds is 3. The highest BCUT2D eigenvalue weighted by Crippen LogP contribution is 2.31. The number of hydrogen-bond acceptors (Lipinski definition) is 2. The lowest BCUT2D eigenvalue weighted by Gasteiger charge is -2.18. The molecular formula is C17H15F2NO2. The average molecular weight is 303 g/mol.